The van der Waals surface area contributed by atoms with Crippen molar-refractivity contribution < 1.29 is 5.11 Å². The Labute approximate surface area is 122 Å². The van der Waals surface area contributed by atoms with E-state index in [9.17, 15) is 5.11 Å². The second kappa shape index (κ2) is 7.35. The predicted octanol–water partition coefficient (Wildman–Crippen LogP) is 4.98. The molecule has 108 valence electrons. The van der Waals surface area contributed by atoms with Crippen molar-refractivity contribution >= 4 is 11.8 Å². The predicted molar refractivity (Wildman–Crippen MR) is 86.7 cm³/mol. The van der Waals surface area contributed by atoms with E-state index in [4.69, 9.17) is 0 Å². The minimum Gasteiger partial charge on any atom is -0.387 e. The third-order valence-corrected chi connectivity index (χ3v) is 5.20. The number of hydrogen-bond donors (Lipinski definition) is 1. The highest BCUT2D eigenvalue weighted by atomic mass is 32.2. The first-order chi connectivity index (χ1) is 8.86. The summed E-state index contributed by atoms with van der Waals surface area (Å²) in [5.41, 5.74) is 2.37. The van der Waals surface area contributed by atoms with E-state index in [2.05, 4.69) is 58.9 Å². The second-order valence-corrected chi connectivity index (χ2v) is 7.62. The molecule has 1 N–H and O–H groups in total. The van der Waals surface area contributed by atoms with E-state index < -0.39 is 0 Å². The van der Waals surface area contributed by atoms with Gasteiger partial charge in [0.05, 0.1) is 6.10 Å². The van der Waals surface area contributed by atoms with Crippen molar-refractivity contribution in [1.82, 2.24) is 0 Å². The number of thioether (sulfide) groups is 1. The lowest BCUT2D eigenvalue weighted by Gasteiger charge is -2.34. The van der Waals surface area contributed by atoms with E-state index in [1.807, 2.05) is 11.8 Å². The van der Waals surface area contributed by atoms with Crippen LogP contribution in [0.1, 0.15) is 57.8 Å². The number of aliphatic hydroxyl groups is 1. The van der Waals surface area contributed by atoms with Gasteiger partial charge in [0, 0.05) is 5.25 Å². The van der Waals surface area contributed by atoms with Crippen LogP contribution in [-0.2, 0) is 0 Å². The quantitative estimate of drug-likeness (QED) is 0.742. The Balaban J connectivity index is 2.81. The highest BCUT2D eigenvalue weighted by molar-refractivity contribution is 7.99. The summed E-state index contributed by atoms with van der Waals surface area (Å²) in [6, 6.07) is 8.27. The number of rotatable bonds is 6. The summed E-state index contributed by atoms with van der Waals surface area (Å²) in [5, 5.41) is 10.9. The minimum atomic E-state index is -0.387. The Kier molecular flexibility index (Phi) is 6.41. The molecule has 1 aromatic rings. The van der Waals surface area contributed by atoms with Gasteiger partial charge in [-0.05, 0) is 30.1 Å². The van der Waals surface area contributed by atoms with Crippen LogP contribution in [0.3, 0.4) is 0 Å². The van der Waals surface area contributed by atoms with Crippen LogP contribution in [0.2, 0.25) is 0 Å². The highest BCUT2D eigenvalue weighted by Gasteiger charge is 2.32. The molecule has 1 nitrogen and oxygen atoms in total. The number of unbranched alkanes of at least 4 members (excludes halogenated alkanes) is 1. The van der Waals surface area contributed by atoms with Gasteiger partial charge in [-0.25, -0.2) is 0 Å². The van der Waals surface area contributed by atoms with Crippen molar-refractivity contribution in [2.75, 3.05) is 5.75 Å². The van der Waals surface area contributed by atoms with E-state index in [-0.39, 0.29) is 16.8 Å². The highest BCUT2D eigenvalue weighted by Crippen LogP contribution is 2.39. The standard InChI is InChI=1S/C17H28OS/c1-6-7-12-19-16(17(3,4)5)15(18)14-10-8-13(2)9-11-14/h8-11,15-16,18H,6-7,12H2,1-5H3/t15-,16?/m1/s1. The summed E-state index contributed by atoms with van der Waals surface area (Å²) >= 11 is 1.91. The van der Waals surface area contributed by atoms with Gasteiger partial charge in [-0.15, -0.1) is 0 Å². The molecule has 0 aliphatic heterocycles. The molecular weight excluding hydrogens is 252 g/mol. The van der Waals surface area contributed by atoms with Crippen LogP contribution in [0.4, 0.5) is 0 Å². The van der Waals surface area contributed by atoms with Crippen LogP contribution in [0.5, 0.6) is 0 Å². The third kappa shape index (κ3) is 5.19. The summed E-state index contributed by atoms with van der Waals surface area (Å²) in [5.74, 6) is 1.13. The Morgan fingerprint density at radius 1 is 1.16 bits per heavy atom. The van der Waals surface area contributed by atoms with Crippen LogP contribution in [0.15, 0.2) is 24.3 Å². The maximum atomic E-state index is 10.7. The van der Waals surface area contributed by atoms with Crippen molar-refractivity contribution in [3.05, 3.63) is 35.4 Å². The largest absolute Gasteiger partial charge is 0.387 e. The van der Waals surface area contributed by atoms with Gasteiger partial charge in [-0.3, -0.25) is 0 Å². The molecule has 0 fully saturated rings. The average Bonchev–Trinajstić information content (AvgIpc) is 2.33. The van der Waals surface area contributed by atoms with Crippen molar-refractivity contribution in [1.29, 1.82) is 0 Å². The number of hydrogen-bond acceptors (Lipinski definition) is 2. The zero-order valence-corrected chi connectivity index (χ0v) is 13.8. The Morgan fingerprint density at radius 3 is 2.21 bits per heavy atom. The van der Waals surface area contributed by atoms with Crippen LogP contribution in [0, 0.1) is 12.3 Å². The molecule has 0 saturated heterocycles. The van der Waals surface area contributed by atoms with Gasteiger partial charge in [0.1, 0.15) is 0 Å². The van der Waals surface area contributed by atoms with E-state index >= 15 is 0 Å². The molecule has 2 atom stereocenters. The molecule has 0 aliphatic carbocycles. The van der Waals surface area contributed by atoms with E-state index in [1.54, 1.807) is 0 Å². The molecular formula is C17H28OS. The second-order valence-electron chi connectivity index (χ2n) is 6.37. The first kappa shape index (κ1) is 16.6. The zero-order chi connectivity index (χ0) is 14.5. The molecule has 1 aromatic carbocycles. The SMILES string of the molecule is CCCCSC([C@H](O)c1ccc(C)cc1)C(C)(C)C. The number of aryl methyl sites for hydroxylation is 1. The molecule has 0 aliphatic rings. The van der Waals surface area contributed by atoms with Gasteiger partial charge in [0.15, 0.2) is 0 Å². The van der Waals surface area contributed by atoms with E-state index in [0.29, 0.717) is 0 Å². The molecule has 0 radical (unpaired) electrons. The molecule has 2 heteroatoms. The third-order valence-electron chi connectivity index (χ3n) is 3.35. The van der Waals surface area contributed by atoms with E-state index in [1.165, 1.54) is 18.4 Å². The zero-order valence-electron chi connectivity index (χ0n) is 12.9. The van der Waals surface area contributed by atoms with Crippen molar-refractivity contribution in [2.45, 2.75) is 58.8 Å². The van der Waals surface area contributed by atoms with Crippen LogP contribution < -0.4 is 0 Å². The fourth-order valence-corrected chi connectivity index (χ4v) is 3.66. The monoisotopic (exact) mass is 280 g/mol. The summed E-state index contributed by atoms with van der Waals surface area (Å²) in [6.45, 7) is 10.9. The summed E-state index contributed by atoms with van der Waals surface area (Å²) in [7, 11) is 0. The molecule has 0 saturated carbocycles. The fraction of sp³-hybridized carbons (Fsp3) is 0.647. The first-order valence-electron chi connectivity index (χ1n) is 7.22. The fourth-order valence-electron chi connectivity index (χ4n) is 2.11. The maximum absolute atomic E-state index is 10.7. The molecule has 1 unspecified atom stereocenters. The summed E-state index contributed by atoms with van der Waals surface area (Å²) < 4.78 is 0. The van der Waals surface area contributed by atoms with Crippen LogP contribution >= 0.6 is 11.8 Å². The molecule has 0 amide bonds. The van der Waals surface area contributed by atoms with Gasteiger partial charge in [0.25, 0.3) is 0 Å². The molecule has 0 spiro atoms. The molecule has 19 heavy (non-hydrogen) atoms. The van der Waals surface area contributed by atoms with Gasteiger partial charge >= 0.3 is 0 Å². The molecule has 0 heterocycles. The average molecular weight is 280 g/mol. The molecule has 0 aromatic heterocycles. The minimum absolute atomic E-state index is 0.0999. The lowest BCUT2D eigenvalue weighted by Crippen LogP contribution is -2.30. The van der Waals surface area contributed by atoms with Crippen LogP contribution in [0.25, 0.3) is 0 Å². The van der Waals surface area contributed by atoms with Gasteiger partial charge in [0.2, 0.25) is 0 Å². The maximum Gasteiger partial charge on any atom is 0.0913 e. The topological polar surface area (TPSA) is 20.2 Å². The van der Waals surface area contributed by atoms with E-state index in [0.717, 1.165) is 11.3 Å². The number of aliphatic hydroxyl groups excluding tert-OH is 1. The molecule has 0 bridgehead atoms. The Morgan fingerprint density at radius 2 is 1.74 bits per heavy atom. The van der Waals surface area contributed by atoms with Gasteiger partial charge in [-0.1, -0.05) is 63.9 Å². The lowest BCUT2D eigenvalue weighted by atomic mass is 9.86. The Bertz CT molecular complexity index is 364. The molecule has 1 rings (SSSR count). The van der Waals surface area contributed by atoms with Crippen molar-refractivity contribution in [3.8, 4) is 0 Å². The van der Waals surface area contributed by atoms with Crippen LogP contribution in [-0.4, -0.2) is 16.1 Å². The first-order valence-corrected chi connectivity index (χ1v) is 8.27. The smallest absolute Gasteiger partial charge is 0.0913 e. The normalized spacial score (nSPS) is 15.3. The summed E-state index contributed by atoms with van der Waals surface area (Å²) in [4.78, 5) is 0. The van der Waals surface area contributed by atoms with Gasteiger partial charge < -0.3 is 5.11 Å². The summed E-state index contributed by atoms with van der Waals surface area (Å²) in [6.07, 6.45) is 2.05. The van der Waals surface area contributed by atoms with Gasteiger partial charge in [-0.2, -0.15) is 11.8 Å². The van der Waals surface area contributed by atoms with Crippen molar-refractivity contribution in [3.63, 3.8) is 0 Å². The van der Waals surface area contributed by atoms with Crippen molar-refractivity contribution in [2.24, 2.45) is 5.41 Å². The lowest BCUT2D eigenvalue weighted by molar-refractivity contribution is 0.131. The number of benzene rings is 1. The Hall–Kier alpha value is -0.470.